The molecule has 1 amide bonds. The molecule has 1 aromatic carbocycles. The van der Waals surface area contributed by atoms with Crippen LogP contribution >= 0.6 is 24.0 Å². The molecule has 26 heavy (non-hydrogen) atoms. The number of rotatable bonds is 5. The summed E-state index contributed by atoms with van der Waals surface area (Å²) < 4.78 is 13.3. The van der Waals surface area contributed by atoms with E-state index in [0.717, 1.165) is 50.8 Å². The lowest BCUT2D eigenvalue weighted by Gasteiger charge is -2.36. The van der Waals surface area contributed by atoms with Crippen molar-refractivity contribution in [3.8, 4) is 0 Å². The Morgan fingerprint density at radius 1 is 1.27 bits per heavy atom. The molecule has 1 N–H and O–H groups in total. The van der Waals surface area contributed by atoms with Gasteiger partial charge in [-0.3, -0.25) is 9.69 Å². The van der Waals surface area contributed by atoms with Gasteiger partial charge in [0.05, 0.1) is 0 Å². The van der Waals surface area contributed by atoms with Crippen LogP contribution < -0.4 is 5.32 Å². The van der Waals surface area contributed by atoms with E-state index >= 15 is 0 Å². The lowest BCUT2D eigenvalue weighted by atomic mass is 10.2. The maximum Gasteiger partial charge on any atom is 0.243 e. The standard InChI is InChI=1S/C18H28FN5O.HI/c1-4-20-18(21-13-17(25)22(2)3)24-10-8-23(9-11-24)14-15-6-5-7-16(19)12-15;/h5-7,12H,4,8-11,13-14H2,1-3H3,(H,20,21);1H. The first-order valence-corrected chi connectivity index (χ1v) is 8.69. The van der Waals surface area contributed by atoms with Crippen LogP contribution in [0.4, 0.5) is 4.39 Å². The number of carbonyl (C=O) groups is 1. The zero-order valence-corrected chi connectivity index (χ0v) is 18.1. The van der Waals surface area contributed by atoms with E-state index in [4.69, 9.17) is 0 Å². The molecule has 1 fully saturated rings. The van der Waals surface area contributed by atoms with Crippen molar-refractivity contribution >= 4 is 35.8 Å². The third-order valence-electron chi connectivity index (χ3n) is 4.16. The number of guanidine groups is 1. The van der Waals surface area contributed by atoms with Gasteiger partial charge in [-0.05, 0) is 24.6 Å². The zero-order valence-electron chi connectivity index (χ0n) is 15.7. The molecule has 0 radical (unpaired) electrons. The number of nitrogens with zero attached hydrogens (tertiary/aromatic N) is 4. The molecule has 0 aromatic heterocycles. The first kappa shape index (κ1) is 22.6. The summed E-state index contributed by atoms with van der Waals surface area (Å²) >= 11 is 0. The highest BCUT2D eigenvalue weighted by Gasteiger charge is 2.20. The van der Waals surface area contributed by atoms with E-state index in [0.29, 0.717) is 0 Å². The van der Waals surface area contributed by atoms with Crippen molar-refractivity contribution in [1.82, 2.24) is 20.0 Å². The number of carbonyl (C=O) groups excluding carboxylic acids is 1. The lowest BCUT2D eigenvalue weighted by molar-refractivity contribution is -0.127. The summed E-state index contributed by atoms with van der Waals surface area (Å²) in [6, 6.07) is 6.76. The van der Waals surface area contributed by atoms with Gasteiger partial charge in [0.15, 0.2) is 5.96 Å². The molecule has 0 atom stereocenters. The number of likely N-dealkylation sites (N-methyl/N-ethyl adjacent to an activating group) is 1. The van der Waals surface area contributed by atoms with Gasteiger partial charge in [0.1, 0.15) is 12.4 Å². The van der Waals surface area contributed by atoms with E-state index in [-0.39, 0.29) is 42.2 Å². The van der Waals surface area contributed by atoms with Crippen LogP contribution in [0, 0.1) is 5.82 Å². The van der Waals surface area contributed by atoms with Gasteiger partial charge in [-0.25, -0.2) is 9.38 Å². The fourth-order valence-electron chi connectivity index (χ4n) is 2.72. The molecule has 0 bridgehead atoms. The number of benzene rings is 1. The Hall–Kier alpha value is -1.42. The zero-order chi connectivity index (χ0) is 18.2. The number of piperazine rings is 1. The van der Waals surface area contributed by atoms with Gasteiger partial charge in [0, 0.05) is 53.4 Å². The Morgan fingerprint density at radius 3 is 2.54 bits per heavy atom. The molecule has 6 nitrogen and oxygen atoms in total. The SMILES string of the molecule is CCNC(=NCC(=O)N(C)C)N1CCN(Cc2cccc(F)c2)CC1.I. The highest BCUT2D eigenvalue weighted by Crippen LogP contribution is 2.10. The van der Waals surface area contributed by atoms with Gasteiger partial charge in [-0.1, -0.05) is 12.1 Å². The van der Waals surface area contributed by atoms with Crippen molar-refractivity contribution in [2.75, 3.05) is 53.4 Å². The molecule has 8 heteroatoms. The van der Waals surface area contributed by atoms with Crippen molar-refractivity contribution in [2.24, 2.45) is 4.99 Å². The van der Waals surface area contributed by atoms with Crippen LogP contribution in [0.15, 0.2) is 29.3 Å². The van der Waals surface area contributed by atoms with Crippen molar-refractivity contribution < 1.29 is 9.18 Å². The summed E-state index contributed by atoms with van der Waals surface area (Å²) in [6.45, 7) is 7.10. The predicted octanol–water partition coefficient (Wildman–Crippen LogP) is 1.62. The van der Waals surface area contributed by atoms with Crippen molar-refractivity contribution in [2.45, 2.75) is 13.5 Å². The van der Waals surface area contributed by atoms with E-state index in [1.165, 1.54) is 6.07 Å². The molecular weight excluding hydrogens is 448 g/mol. The maximum atomic E-state index is 13.3. The quantitative estimate of drug-likeness (QED) is 0.398. The van der Waals surface area contributed by atoms with Crippen LogP contribution in [0.2, 0.25) is 0 Å². The van der Waals surface area contributed by atoms with Crippen LogP contribution in [0.3, 0.4) is 0 Å². The summed E-state index contributed by atoms with van der Waals surface area (Å²) in [5, 5.41) is 3.26. The van der Waals surface area contributed by atoms with Crippen LogP contribution in [0.5, 0.6) is 0 Å². The van der Waals surface area contributed by atoms with E-state index in [9.17, 15) is 9.18 Å². The van der Waals surface area contributed by atoms with Gasteiger partial charge in [-0.2, -0.15) is 0 Å². The molecule has 1 aliphatic rings. The molecule has 0 spiro atoms. The molecule has 0 unspecified atom stereocenters. The average Bonchev–Trinajstić information content (AvgIpc) is 2.59. The number of halogens is 2. The lowest BCUT2D eigenvalue weighted by Crippen LogP contribution is -2.52. The number of hydrogen-bond donors (Lipinski definition) is 1. The van der Waals surface area contributed by atoms with E-state index in [2.05, 4.69) is 20.1 Å². The number of amides is 1. The van der Waals surface area contributed by atoms with Gasteiger partial charge >= 0.3 is 0 Å². The van der Waals surface area contributed by atoms with Crippen molar-refractivity contribution in [1.29, 1.82) is 0 Å². The predicted molar refractivity (Wildman–Crippen MR) is 113 cm³/mol. The monoisotopic (exact) mass is 477 g/mol. The van der Waals surface area contributed by atoms with Gasteiger partial charge < -0.3 is 15.1 Å². The number of aliphatic imine (C=N–C) groups is 1. The molecule has 0 aliphatic carbocycles. The Balaban J connectivity index is 0.00000338. The van der Waals surface area contributed by atoms with Gasteiger partial charge in [-0.15, -0.1) is 24.0 Å². The Bertz CT molecular complexity index is 603. The molecule has 2 rings (SSSR count). The van der Waals surface area contributed by atoms with Crippen LogP contribution in [0.1, 0.15) is 12.5 Å². The summed E-state index contributed by atoms with van der Waals surface area (Å²) in [5.41, 5.74) is 0.991. The molecule has 0 saturated carbocycles. The van der Waals surface area contributed by atoms with Crippen LogP contribution in [-0.4, -0.2) is 79.9 Å². The number of nitrogens with one attached hydrogen (secondary N) is 1. The Morgan fingerprint density at radius 2 is 1.96 bits per heavy atom. The summed E-state index contributed by atoms with van der Waals surface area (Å²) in [5.74, 6) is 0.575. The van der Waals surface area contributed by atoms with E-state index in [1.54, 1.807) is 31.1 Å². The van der Waals surface area contributed by atoms with Crippen molar-refractivity contribution in [3.63, 3.8) is 0 Å². The van der Waals surface area contributed by atoms with Crippen LogP contribution in [-0.2, 0) is 11.3 Å². The molecular formula is C18H29FIN5O. The first-order valence-electron chi connectivity index (χ1n) is 8.69. The fourth-order valence-corrected chi connectivity index (χ4v) is 2.72. The van der Waals surface area contributed by atoms with E-state index < -0.39 is 0 Å². The second-order valence-corrected chi connectivity index (χ2v) is 6.35. The second-order valence-electron chi connectivity index (χ2n) is 6.35. The first-order chi connectivity index (χ1) is 12.0. The fraction of sp³-hybridized carbons (Fsp3) is 0.556. The third kappa shape index (κ3) is 7.06. The molecule has 1 heterocycles. The number of hydrogen-bond acceptors (Lipinski definition) is 3. The maximum absolute atomic E-state index is 13.3. The van der Waals surface area contributed by atoms with Gasteiger partial charge in [0.2, 0.25) is 5.91 Å². The summed E-state index contributed by atoms with van der Waals surface area (Å²) in [4.78, 5) is 22.2. The summed E-state index contributed by atoms with van der Waals surface area (Å²) in [6.07, 6.45) is 0. The topological polar surface area (TPSA) is 51.2 Å². The van der Waals surface area contributed by atoms with Crippen molar-refractivity contribution in [3.05, 3.63) is 35.6 Å². The molecule has 1 aromatic rings. The Kier molecular flexibility index (Phi) is 9.85. The molecule has 1 saturated heterocycles. The normalized spacial score (nSPS) is 15.4. The average molecular weight is 477 g/mol. The van der Waals surface area contributed by atoms with Gasteiger partial charge in [0.25, 0.3) is 0 Å². The molecule has 1 aliphatic heterocycles. The third-order valence-corrected chi connectivity index (χ3v) is 4.16. The minimum absolute atomic E-state index is 0. The van der Waals surface area contributed by atoms with Crippen LogP contribution in [0.25, 0.3) is 0 Å². The minimum Gasteiger partial charge on any atom is -0.357 e. The minimum atomic E-state index is -0.191. The second kappa shape index (κ2) is 11.3. The molecule has 146 valence electrons. The smallest absolute Gasteiger partial charge is 0.243 e. The highest BCUT2D eigenvalue weighted by molar-refractivity contribution is 14.0. The highest BCUT2D eigenvalue weighted by atomic mass is 127. The largest absolute Gasteiger partial charge is 0.357 e. The van der Waals surface area contributed by atoms with E-state index in [1.807, 2.05) is 13.0 Å². The Labute approximate surface area is 172 Å². The summed E-state index contributed by atoms with van der Waals surface area (Å²) in [7, 11) is 3.46.